The summed E-state index contributed by atoms with van der Waals surface area (Å²) in [5, 5.41) is 0. The molecule has 0 aromatic heterocycles. The average Bonchev–Trinajstić information content (AvgIpc) is 2.42. The van der Waals surface area contributed by atoms with E-state index < -0.39 is 17.6 Å². The van der Waals surface area contributed by atoms with Gasteiger partial charge in [0.25, 0.3) is 0 Å². The Morgan fingerprint density at radius 2 is 1.95 bits per heavy atom. The minimum absolute atomic E-state index is 0.381. The summed E-state index contributed by atoms with van der Waals surface area (Å²) in [6.45, 7) is 5.41. The second-order valence-corrected chi connectivity index (χ2v) is 5.87. The first-order chi connectivity index (χ1) is 9.73. The number of aryl methyl sites for hydroxylation is 1. The number of ether oxygens (including phenoxy) is 2. The molecule has 0 bridgehead atoms. The maximum absolute atomic E-state index is 11.8. The van der Waals surface area contributed by atoms with Crippen LogP contribution in [0.1, 0.15) is 43.1 Å². The number of rotatable bonds is 5. The van der Waals surface area contributed by atoms with Crippen molar-refractivity contribution in [1.29, 1.82) is 0 Å². The number of nitrogens with two attached hydrogens (primary N) is 1. The summed E-state index contributed by atoms with van der Waals surface area (Å²) < 4.78 is 9.90. The van der Waals surface area contributed by atoms with Gasteiger partial charge in [-0.2, -0.15) is 0 Å². The lowest BCUT2D eigenvalue weighted by Crippen LogP contribution is -2.37. The maximum Gasteiger partial charge on any atom is 0.337 e. The van der Waals surface area contributed by atoms with Crippen LogP contribution < -0.4 is 5.73 Å². The van der Waals surface area contributed by atoms with E-state index in [1.807, 2.05) is 6.07 Å². The van der Waals surface area contributed by atoms with Crippen LogP contribution in [0.5, 0.6) is 0 Å². The highest BCUT2D eigenvalue weighted by atomic mass is 16.6. The topological polar surface area (TPSA) is 78.6 Å². The molecule has 0 radical (unpaired) electrons. The van der Waals surface area contributed by atoms with Gasteiger partial charge in [-0.3, -0.25) is 4.79 Å². The van der Waals surface area contributed by atoms with E-state index in [2.05, 4.69) is 4.74 Å². The van der Waals surface area contributed by atoms with Crippen LogP contribution in [0.2, 0.25) is 0 Å². The molecule has 0 saturated heterocycles. The molecule has 1 unspecified atom stereocenters. The van der Waals surface area contributed by atoms with Gasteiger partial charge in [-0.25, -0.2) is 4.79 Å². The summed E-state index contributed by atoms with van der Waals surface area (Å²) in [6, 6.07) is 6.41. The zero-order chi connectivity index (χ0) is 16.0. The Morgan fingerprint density at radius 3 is 2.52 bits per heavy atom. The van der Waals surface area contributed by atoms with Crippen molar-refractivity contribution in [2.75, 3.05) is 7.11 Å². The van der Waals surface area contributed by atoms with E-state index in [1.165, 1.54) is 7.11 Å². The summed E-state index contributed by atoms with van der Waals surface area (Å²) in [5.41, 5.74) is 6.70. The molecule has 1 atom stereocenters. The standard InChI is InChI=1S/C16H23NO4/c1-16(2,3)21-15(19)13(17)9-8-11-6-5-7-12(10-11)14(18)20-4/h5-7,10,13H,8-9,17H2,1-4H3. The third-order valence-corrected chi connectivity index (χ3v) is 2.80. The molecule has 0 aliphatic heterocycles. The van der Waals surface area contributed by atoms with Gasteiger partial charge in [-0.15, -0.1) is 0 Å². The van der Waals surface area contributed by atoms with Gasteiger partial charge in [-0.05, 0) is 51.3 Å². The predicted octanol–water partition coefficient (Wildman–Crippen LogP) is 2.07. The number of esters is 2. The highest BCUT2D eigenvalue weighted by Gasteiger charge is 2.21. The number of hydrogen-bond acceptors (Lipinski definition) is 5. The first-order valence-electron chi connectivity index (χ1n) is 6.88. The minimum atomic E-state index is -0.675. The first kappa shape index (κ1) is 17.2. The molecule has 0 spiro atoms. The molecule has 116 valence electrons. The predicted molar refractivity (Wildman–Crippen MR) is 79.9 cm³/mol. The number of carbonyl (C=O) groups is 2. The van der Waals surface area contributed by atoms with Gasteiger partial charge in [0.1, 0.15) is 11.6 Å². The molecule has 0 heterocycles. The van der Waals surface area contributed by atoms with Gasteiger partial charge < -0.3 is 15.2 Å². The third-order valence-electron chi connectivity index (χ3n) is 2.80. The van der Waals surface area contributed by atoms with Crippen molar-refractivity contribution in [2.24, 2.45) is 5.73 Å². The van der Waals surface area contributed by atoms with Crippen LogP contribution in [-0.2, 0) is 20.7 Å². The highest BCUT2D eigenvalue weighted by Crippen LogP contribution is 2.12. The second kappa shape index (κ2) is 7.22. The van der Waals surface area contributed by atoms with E-state index in [4.69, 9.17) is 10.5 Å². The monoisotopic (exact) mass is 293 g/mol. The smallest absolute Gasteiger partial charge is 0.337 e. The van der Waals surface area contributed by atoms with Crippen molar-refractivity contribution in [1.82, 2.24) is 0 Å². The average molecular weight is 293 g/mol. The Morgan fingerprint density at radius 1 is 1.29 bits per heavy atom. The Bertz CT molecular complexity index is 505. The van der Waals surface area contributed by atoms with E-state index in [9.17, 15) is 9.59 Å². The van der Waals surface area contributed by atoms with Crippen molar-refractivity contribution < 1.29 is 19.1 Å². The zero-order valence-electron chi connectivity index (χ0n) is 13.0. The molecule has 5 heteroatoms. The summed E-state index contributed by atoms with van der Waals surface area (Å²) in [4.78, 5) is 23.2. The summed E-state index contributed by atoms with van der Waals surface area (Å²) in [5.74, 6) is -0.792. The van der Waals surface area contributed by atoms with E-state index in [0.29, 0.717) is 18.4 Å². The van der Waals surface area contributed by atoms with Crippen LogP contribution in [-0.4, -0.2) is 30.7 Å². The minimum Gasteiger partial charge on any atom is -0.465 e. The van der Waals surface area contributed by atoms with Gasteiger partial charge in [0.2, 0.25) is 0 Å². The summed E-state index contributed by atoms with van der Waals surface area (Å²) >= 11 is 0. The van der Waals surface area contributed by atoms with Crippen molar-refractivity contribution >= 4 is 11.9 Å². The first-order valence-corrected chi connectivity index (χ1v) is 6.88. The molecule has 0 aliphatic rings. The molecule has 21 heavy (non-hydrogen) atoms. The van der Waals surface area contributed by atoms with Gasteiger partial charge in [0, 0.05) is 0 Å². The van der Waals surface area contributed by atoms with Crippen molar-refractivity contribution in [3.05, 3.63) is 35.4 Å². The van der Waals surface area contributed by atoms with E-state index in [0.717, 1.165) is 5.56 Å². The fraction of sp³-hybridized carbons (Fsp3) is 0.500. The quantitative estimate of drug-likeness (QED) is 0.841. The zero-order valence-corrected chi connectivity index (χ0v) is 13.0. The van der Waals surface area contributed by atoms with Crippen molar-refractivity contribution in [3.63, 3.8) is 0 Å². The van der Waals surface area contributed by atoms with Crippen molar-refractivity contribution in [2.45, 2.75) is 45.3 Å². The molecule has 0 aliphatic carbocycles. The van der Waals surface area contributed by atoms with Gasteiger partial charge in [0.05, 0.1) is 12.7 Å². The number of benzene rings is 1. The molecular formula is C16H23NO4. The fourth-order valence-electron chi connectivity index (χ4n) is 1.79. The Labute approximate surface area is 125 Å². The lowest BCUT2D eigenvalue weighted by Gasteiger charge is -2.22. The Kier molecular flexibility index (Phi) is 5.90. The molecule has 1 aromatic carbocycles. The third kappa shape index (κ3) is 5.95. The molecule has 0 saturated carbocycles. The Hall–Kier alpha value is -1.88. The number of carbonyl (C=O) groups excluding carboxylic acids is 2. The van der Waals surface area contributed by atoms with Gasteiger partial charge in [0.15, 0.2) is 0 Å². The lowest BCUT2D eigenvalue weighted by atomic mass is 10.0. The van der Waals surface area contributed by atoms with E-state index >= 15 is 0 Å². The number of methoxy groups -OCH3 is 1. The fourth-order valence-corrected chi connectivity index (χ4v) is 1.79. The van der Waals surface area contributed by atoms with Gasteiger partial charge >= 0.3 is 11.9 Å². The van der Waals surface area contributed by atoms with Gasteiger partial charge in [-0.1, -0.05) is 12.1 Å². The lowest BCUT2D eigenvalue weighted by molar-refractivity contribution is -0.156. The van der Waals surface area contributed by atoms with E-state index in [-0.39, 0.29) is 5.97 Å². The summed E-state index contributed by atoms with van der Waals surface area (Å²) in [6.07, 6.45) is 1.05. The van der Waals surface area contributed by atoms with Crippen LogP contribution in [0.3, 0.4) is 0 Å². The molecule has 5 nitrogen and oxygen atoms in total. The second-order valence-electron chi connectivity index (χ2n) is 5.87. The SMILES string of the molecule is COC(=O)c1cccc(CCC(N)C(=O)OC(C)(C)C)c1. The number of hydrogen-bond donors (Lipinski definition) is 1. The largest absolute Gasteiger partial charge is 0.465 e. The molecule has 1 rings (SSSR count). The van der Waals surface area contributed by atoms with Crippen LogP contribution in [0, 0.1) is 0 Å². The maximum atomic E-state index is 11.8. The van der Waals surface area contributed by atoms with Crippen LogP contribution in [0.15, 0.2) is 24.3 Å². The molecule has 0 fully saturated rings. The van der Waals surface area contributed by atoms with E-state index in [1.54, 1.807) is 39.0 Å². The molecular weight excluding hydrogens is 270 g/mol. The van der Waals surface area contributed by atoms with Crippen LogP contribution in [0.4, 0.5) is 0 Å². The van der Waals surface area contributed by atoms with Crippen LogP contribution in [0.25, 0.3) is 0 Å². The molecule has 1 aromatic rings. The van der Waals surface area contributed by atoms with Crippen molar-refractivity contribution in [3.8, 4) is 0 Å². The molecule has 2 N–H and O–H groups in total. The highest BCUT2D eigenvalue weighted by molar-refractivity contribution is 5.89. The normalized spacial score (nSPS) is 12.6. The molecule has 0 amide bonds. The van der Waals surface area contributed by atoms with Crippen LogP contribution >= 0.6 is 0 Å². The Balaban J connectivity index is 2.59. The summed E-state index contributed by atoms with van der Waals surface area (Å²) in [7, 11) is 1.34.